The summed E-state index contributed by atoms with van der Waals surface area (Å²) in [5.41, 5.74) is 4.12. The second-order valence-electron chi connectivity index (χ2n) is 7.38. The molecule has 0 amide bonds. The monoisotopic (exact) mass is 426 g/mol. The number of rotatable bonds is 9. The molecule has 31 heavy (non-hydrogen) atoms. The lowest BCUT2D eigenvalue weighted by Crippen LogP contribution is -2.28. The molecule has 0 radical (unpaired) electrons. The maximum absolute atomic E-state index is 12.3. The molecule has 1 aliphatic rings. The number of aliphatic hydroxyl groups is 1. The Labute approximate surface area is 180 Å². The number of aryl methyl sites for hydroxylation is 1. The van der Waals surface area contributed by atoms with Gasteiger partial charge in [-0.1, -0.05) is 24.3 Å². The quantitative estimate of drug-likeness (QED) is 0.415. The molecule has 1 aromatic carbocycles. The van der Waals surface area contributed by atoms with Gasteiger partial charge < -0.3 is 24.1 Å². The van der Waals surface area contributed by atoms with Gasteiger partial charge in [0.05, 0.1) is 31.2 Å². The van der Waals surface area contributed by atoms with E-state index in [-0.39, 0.29) is 13.2 Å². The second-order valence-corrected chi connectivity index (χ2v) is 7.38. The average molecular weight is 426 g/mol. The van der Waals surface area contributed by atoms with Gasteiger partial charge in [0, 0.05) is 19.7 Å². The van der Waals surface area contributed by atoms with Crippen LogP contribution in [0.15, 0.2) is 42.6 Å². The van der Waals surface area contributed by atoms with Crippen molar-refractivity contribution in [1.82, 2.24) is 9.38 Å². The third kappa shape index (κ3) is 4.41. The lowest BCUT2D eigenvalue weighted by molar-refractivity contribution is -0.158. The van der Waals surface area contributed by atoms with E-state index in [0.29, 0.717) is 36.7 Å². The zero-order chi connectivity index (χ0) is 21.8. The van der Waals surface area contributed by atoms with Crippen LogP contribution in [0.2, 0.25) is 0 Å². The van der Waals surface area contributed by atoms with Crippen molar-refractivity contribution in [3.8, 4) is 5.75 Å². The molecule has 4 rings (SSSR count). The summed E-state index contributed by atoms with van der Waals surface area (Å²) < 4.78 is 24.1. The Morgan fingerprint density at radius 3 is 2.87 bits per heavy atom. The molecule has 0 saturated heterocycles. The van der Waals surface area contributed by atoms with Crippen LogP contribution in [0.3, 0.4) is 0 Å². The summed E-state index contributed by atoms with van der Waals surface area (Å²) in [5.74, 6) is 0.115. The van der Waals surface area contributed by atoms with E-state index in [1.807, 2.05) is 53.9 Å². The van der Waals surface area contributed by atoms with Crippen molar-refractivity contribution < 1.29 is 28.8 Å². The average Bonchev–Trinajstić information content (AvgIpc) is 3.28. The molecule has 2 atom stereocenters. The predicted molar refractivity (Wildman–Crippen MR) is 112 cm³/mol. The van der Waals surface area contributed by atoms with Crippen molar-refractivity contribution in [3.05, 3.63) is 65.1 Å². The largest absolute Gasteiger partial charge is 0.478 e. The molecule has 0 aliphatic heterocycles. The third-order valence-corrected chi connectivity index (χ3v) is 5.37. The van der Waals surface area contributed by atoms with Crippen LogP contribution in [0.5, 0.6) is 5.75 Å². The van der Waals surface area contributed by atoms with E-state index in [0.717, 1.165) is 16.8 Å². The van der Waals surface area contributed by atoms with Gasteiger partial charge in [0.15, 0.2) is 17.5 Å². The first-order valence-corrected chi connectivity index (χ1v) is 10.2. The Morgan fingerprint density at radius 1 is 1.23 bits per heavy atom. The molecule has 1 aliphatic carbocycles. The number of hydrogen-bond donors (Lipinski definition) is 1. The highest BCUT2D eigenvalue weighted by Crippen LogP contribution is 2.38. The van der Waals surface area contributed by atoms with E-state index in [1.165, 1.54) is 0 Å². The van der Waals surface area contributed by atoms with E-state index in [2.05, 4.69) is 4.98 Å². The number of methoxy groups -OCH3 is 1. The maximum Gasteiger partial charge on any atom is 0.332 e. The summed E-state index contributed by atoms with van der Waals surface area (Å²) in [6.07, 6.45) is 1.44. The zero-order valence-electron chi connectivity index (χ0n) is 17.6. The van der Waals surface area contributed by atoms with Gasteiger partial charge in [0.1, 0.15) is 12.7 Å². The van der Waals surface area contributed by atoms with Crippen molar-refractivity contribution in [2.45, 2.75) is 32.2 Å². The van der Waals surface area contributed by atoms with Crippen LogP contribution in [0.1, 0.15) is 28.6 Å². The lowest BCUT2D eigenvalue weighted by atomic mass is 10.1. The van der Waals surface area contributed by atoms with Crippen molar-refractivity contribution in [2.75, 3.05) is 26.9 Å². The second kappa shape index (κ2) is 9.47. The minimum atomic E-state index is -0.482. The normalized spacial score (nSPS) is 17.6. The van der Waals surface area contributed by atoms with Crippen LogP contribution >= 0.6 is 0 Å². The molecular formula is C23H26N2O6. The van der Waals surface area contributed by atoms with Crippen LogP contribution in [-0.2, 0) is 32.0 Å². The van der Waals surface area contributed by atoms with Gasteiger partial charge in [0.25, 0.3) is 0 Å². The number of imidazole rings is 1. The number of carbonyl (C=O) groups excluding carboxylic acids is 1. The summed E-state index contributed by atoms with van der Waals surface area (Å²) in [7, 11) is 1.57. The lowest BCUT2D eigenvalue weighted by Gasteiger charge is -2.22. The first-order chi connectivity index (χ1) is 15.1. The molecule has 164 valence electrons. The third-order valence-electron chi connectivity index (χ3n) is 5.37. The maximum atomic E-state index is 12.3. The van der Waals surface area contributed by atoms with E-state index in [9.17, 15) is 9.90 Å². The van der Waals surface area contributed by atoms with Crippen LogP contribution in [-0.4, -0.2) is 53.5 Å². The minimum absolute atomic E-state index is 0.119. The number of nitrogens with zero attached hydrogens (tertiary/aromatic N) is 2. The number of pyridine rings is 1. The fourth-order valence-corrected chi connectivity index (χ4v) is 3.89. The fraction of sp³-hybridized carbons (Fsp3) is 0.391. The van der Waals surface area contributed by atoms with Crippen LogP contribution in [0.4, 0.5) is 0 Å². The highest BCUT2D eigenvalue weighted by Gasteiger charge is 2.37. The SMILES string of the molecule is COCCOCC(=O)O[C@@H]1Cc2ccccc2[C@H]1Oc1cccn2c(CO)c(C)nc12. The number of ether oxygens (including phenoxy) is 4. The highest BCUT2D eigenvalue weighted by atomic mass is 16.6. The van der Waals surface area contributed by atoms with Crippen molar-refractivity contribution in [1.29, 1.82) is 0 Å². The number of esters is 1. The smallest absolute Gasteiger partial charge is 0.332 e. The topological polar surface area (TPSA) is 91.5 Å². The van der Waals surface area contributed by atoms with E-state index in [1.54, 1.807) is 7.11 Å². The Bertz CT molecular complexity index is 1060. The summed E-state index contributed by atoms with van der Waals surface area (Å²) in [6, 6.07) is 11.6. The minimum Gasteiger partial charge on any atom is -0.478 e. The molecular weight excluding hydrogens is 400 g/mol. The molecule has 1 N–H and O–H groups in total. The summed E-state index contributed by atoms with van der Waals surface area (Å²) >= 11 is 0. The number of carbonyl (C=O) groups is 1. The molecule has 2 aromatic heterocycles. The van der Waals surface area contributed by atoms with Gasteiger partial charge in [-0.05, 0) is 30.2 Å². The zero-order valence-corrected chi connectivity index (χ0v) is 17.6. The molecule has 0 spiro atoms. The van der Waals surface area contributed by atoms with E-state index < -0.39 is 18.2 Å². The van der Waals surface area contributed by atoms with E-state index in [4.69, 9.17) is 18.9 Å². The van der Waals surface area contributed by atoms with Gasteiger partial charge in [-0.15, -0.1) is 0 Å². The summed E-state index contributed by atoms with van der Waals surface area (Å²) in [5, 5.41) is 9.68. The molecule has 8 heteroatoms. The number of hydrogen-bond acceptors (Lipinski definition) is 7. The molecule has 8 nitrogen and oxygen atoms in total. The van der Waals surface area contributed by atoms with Crippen molar-refractivity contribution in [3.63, 3.8) is 0 Å². The number of benzene rings is 1. The fourth-order valence-electron chi connectivity index (χ4n) is 3.89. The van der Waals surface area contributed by atoms with Gasteiger partial charge in [-0.2, -0.15) is 0 Å². The summed E-state index contributed by atoms with van der Waals surface area (Å²) in [6.45, 7) is 2.33. The first-order valence-electron chi connectivity index (χ1n) is 10.2. The number of fused-ring (bicyclic) bond motifs is 2. The molecule has 3 aromatic rings. The molecule has 0 fully saturated rings. The predicted octanol–water partition coefficient (Wildman–Crippen LogP) is 2.39. The standard InChI is InChI=1S/C23H26N2O6/c1-15-18(13-26)25-9-5-8-19(23(25)24-15)31-22-17-7-4-3-6-16(17)12-20(22)30-21(27)14-29-11-10-28-2/h3-9,20,22,26H,10-14H2,1-2H3/t20-,22-/m1/s1. The number of aliphatic hydroxyl groups excluding tert-OH is 1. The molecule has 2 heterocycles. The molecule has 0 saturated carbocycles. The molecule has 0 unspecified atom stereocenters. The van der Waals surface area contributed by atoms with Gasteiger partial charge in [0.2, 0.25) is 0 Å². The summed E-state index contributed by atoms with van der Waals surface area (Å²) in [4.78, 5) is 16.9. The van der Waals surface area contributed by atoms with Gasteiger partial charge >= 0.3 is 5.97 Å². The van der Waals surface area contributed by atoms with Crippen LogP contribution in [0.25, 0.3) is 5.65 Å². The first kappa shape index (κ1) is 21.3. The number of aromatic nitrogens is 2. The van der Waals surface area contributed by atoms with Gasteiger partial charge in [-0.3, -0.25) is 4.40 Å². The van der Waals surface area contributed by atoms with Crippen molar-refractivity contribution in [2.24, 2.45) is 0 Å². The van der Waals surface area contributed by atoms with Crippen LogP contribution < -0.4 is 4.74 Å². The van der Waals surface area contributed by atoms with Crippen molar-refractivity contribution >= 4 is 11.6 Å². The Balaban J connectivity index is 1.57. The van der Waals surface area contributed by atoms with Crippen LogP contribution in [0, 0.1) is 6.92 Å². The Morgan fingerprint density at radius 2 is 2.06 bits per heavy atom. The highest BCUT2D eigenvalue weighted by molar-refractivity contribution is 5.71. The molecule has 0 bridgehead atoms. The Hall–Kier alpha value is -2.94. The van der Waals surface area contributed by atoms with E-state index >= 15 is 0 Å². The Kier molecular flexibility index (Phi) is 6.50. The van der Waals surface area contributed by atoms with Gasteiger partial charge in [-0.25, -0.2) is 9.78 Å².